The van der Waals surface area contributed by atoms with Gasteiger partial charge in [0.05, 0.1) is 31.2 Å². The van der Waals surface area contributed by atoms with E-state index in [9.17, 15) is 36.7 Å². The van der Waals surface area contributed by atoms with E-state index in [1.165, 1.54) is 33.4 Å². The van der Waals surface area contributed by atoms with Crippen LogP contribution in [0.2, 0.25) is 15.2 Å². The zero-order chi connectivity index (χ0) is 32.6. The van der Waals surface area contributed by atoms with Crippen molar-refractivity contribution < 1.29 is 31.9 Å². The van der Waals surface area contributed by atoms with Crippen molar-refractivity contribution in [1.82, 2.24) is 29.9 Å². The Bertz CT molecular complexity index is 1410. The van der Waals surface area contributed by atoms with Crippen LogP contribution in [0.15, 0.2) is 34.6 Å². The van der Waals surface area contributed by atoms with Crippen LogP contribution in [-0.4, -0.2) is 54.9 Å². The van der Waals surface area contributed by atoms with Crippen molar-refractivity contribution in [2.24, 2.45) is 0 Å². The van der Waals surface area contributed by atoms with Gasteiger partial charge in [-0.2, -0.15) is 0 Å². The van der Waals surface area contributed by atoms with Crippen LogP contribution in [0.4, 0.5) is 17.6 Å². The fourth-order valence-electron chi connectivity index (χ4n) is 2.27. The molecule has 0 aliphatic carbocycles. The van der Waals surface area contributed by atoms with Gasteiger partial charge >= 0.3 is 5.97 Å². The van der Waals surface area contributed by atoms with E-state index in [4.69, 9.17) is 34.8 Å². The summed E-state index contributed by atoms with van der Waals surface area (Å²) in [6.07, 6.45) is -2.28. The Morgan fingerprint density at radius 3 is 1.79 bits per heavy atom. The highest BCUT2D eigenvalue weighted by Crippen LogP contribution is 2.27. The van der Waals surface area contributed by atoms with Crippen molar-refractivity contribution in [3.05, 3.63) is 78.0 Å². The monoisotopic (exact) mass is 660 g/mol. The number of H-pyrrole nitrogens is 2. The van der Waals surface area contributed by atoms with Crippen molar-refractivity contribution in [2.45, 2.75) is 58.8 Å². The number of hydrogen-bond acceptors (Lipinski definition) is 9. The molecule has 11 nitrogen and oxygen atoms in total. The van der Waals surface area contributed by atoms with Gasteiger partial charge in [0.1, 0.15) is 47.0 Å². The number of methoxy groups -OCH3 is 1. The Balaban J connectivity index is 0.000000534. The molecule has 0 spiro atoms. The number of rotatable bonds is 6. The summed E-state index contributed by atoms with van der Waals surface area (Å²) in [7, 11) is 1.15. The maximum absolute atomic E-state index is 12.6. The first-order valence-electron chi connectivity index (χ1n) is 11.6. The third kappa shape index (κ3) is 14.5. The van der Waals surface area contributed by atoms with Crippen LogP contribution in [0.5, 0.6) is 0 Å². The first kappa shape index (κ1) is 38.6. The van der Waals surface area contributed by atoms with E-state index in [0.29, 0.717) is 0 Å². The number of ketones is 1. The van der Waals surface area contributed by atoms with Crippen LogP contribution in [0.3, 0.4) is 0 Å². The van der Waals surface area contributed by atoms with Gasteiger partial charge in [0.2, 0.25) is 0 Å². The molecule has 0 bridgehead atoms. The molecule has 232 valence electrons. The van der Waals surface area contributed by atoms with Crippen molar-refractivity contribution in [3.8, 4) is 0 Å². The normalized spacial score (nSPS) is 12.9. The molecule has 4 atom stereocenters. The molecule has 0 fully saturated rings. The van der Waals surface area contributed by atoms with Crippen molar-refractivity contribution in [2.75, 3.05) is 7.11 Å². The number of carbonyl (C=O) groups excluding carboxylic acids is 2. The number of aromatic amines is 2. The Morgan fingerprint density at radius 2 is 1.38 bits per heavy atom. The third-order valence-electron chi connectivity index (χ3n) is 4.45. The van der Waals surface area contributed by atoms with Crippen LogP contribution in [0, 0.1) is 0 Å². The molecule has 0 aromatic carbocycles. The Labute approximate surface area is 252 Å². The van der Waals surface area contributed by atoms with Gasteiger partial charge in [-0.25, -0.2) is 37.5 Å². The number of nitrogens with one attached hydrogen (secondary N) is 2. The van der Waals surface area contributed by atoms with E-state index in [2.05, 4.69) is 34.6 Å². The molecular formula is C24H27Cl3F4N6O5. The van der Waals surface area contributed by atoms with E-state index in [-0.39, 0.29) is 37.8 Å². The lowest BCUT2D eigenvalue weighted by Crippen LogP contribution is -2.16. The smallest absolute Gasteiger partial charge is 0.313 e. The lowest BCUT2D eigenvalue weighted by Gasteiger charge is -2.02. The summed E-state index contributed by atoms with van der Waals surface area (Å²) in [5.41, 5.74) is -0.554. The molecule has 0 aliphatic rings. The topological polar surface area (TPSA) is 161 Å². The highest BCUT2D eigenvalue weighted by Gasteiger charge is 2.15. The molecule has 0 aliphatic heterocycles. The first-order valence-corrected chi connectivity index (χ1v) is 12.8. The number of alkyl halides is 4. The summed E-state index contributed by atoms with van der Waals surface area (Å²) in [4.78, 5) is 61.0. The van der Waals surface area contributed by atoms with Crippen LogP contribution >= 0.6 is 34.8 Å². The van der Waals surface area contributed by atoms with E-state index in [0.717, 1.165) is 26.4 Å². The lowest BCUT2D eigenvalue weighted by molar-refractivity contribution is -0.144. The summed E-state index contributed by atoms with van der Waals surface area (Å²) in [5.74, 6) is -1.44. The van der Waals surface area contributed by atoms with Gasteiger partial charge in [-0.1, -0.05) is 34.8 Å². The molecule has 0 saturated heterocycles. The maximum Gasteiger partial charge on any atom is 0.313 e. The van der Waals surface area contributed by atoms with Gasteiger partial charge in [-0.15, -0.1) is 0 Å². The molecule has 3 rings (SSSR count). The molecular weight excluding hydrogens is 635 g/mol. The minimum atomic E-state index is -1.58. The second-order valence-electron chi connectivity index (χ2n) is 7.81. The average Bonchev–Trinajstić information content (AvgIpc) is 2.92. The minimum Gasteiger partial charge on any atom is -0.469 e. The van der Waals surface area contributed by atoms with E-state index in [1.54, 1.807) is 0 Å². The predicted octanol–water partition coefficient (Wildman–Crippen LogP) is 5.54. The third-order valence-corrected chi connectivity index (χ3v) is 5.57. The fraction of sp³-hybridized carbons (Fsp3) is 0.417. The Kier molecular flexibility index (Phi) is 18.0. The van der Waals surface area contributed by atoms with Crippen molar-refractivity contribution >= 4 is 46.6 Å². The van der Waals surface area contributed by atoms with Crippen molar-refractivity contribution in [1.29, 1.82) is 0 Å². The summed E-state index contributed by atoms with van der Waals surface area (Å²) in [6, 6.07) is 1.14. The van der Waals surface area contributed by atoms with Gasteiger partial charge in [0.15, 0.2) is 17.1 Å². The van der Waals surface area contributed by atoms with Gasteiger partial charge in [0, 0.05) is 6.07 Å². The quantitative estimate of drug-likeness (QED) is 0.149. The Hall–Kier alpha value is -3.43. The summed E-state index contributed by atoms with van der Waals surface area (Å²) >= 11 is 16.5. The standard InChI is InChI=1S/C6H5Cl2FN2.C6H6ClFN2O.C6H7FN2O.C6H9FO3/c1-3(9)5-4(7)6(8)11-2-10-5;1-3(8)5-4(7)6(11)10-2-9-5;1-4(7)5-2-6(10)9-3-8-5;1-4(7)5(8)3-6(9)10-2/h2-3H,1H3;2-3H,1H3,(H,9,10,11);2-4H,1H3,(H,8,9,10);4H,3H2,1-2H3. The number of halogens is 7. The van der Waals surface area contributed by atoms with Crippen LogP contribution in [0.25, 0.3) is 0 Å². The van der Waals surface area contributed by atoms with Gasteiger partial charge in [0.25, 0.3) is 11.1 Å². The van der Waals surface area contributed by atoms with Gasteiger partial charge < -0.3 is 14.7 Å². The van der Waals surface area contributed by atoms with Crippen LogP contribution < -0.4 is 11.1 Å². The molecule has 3 aromatic rings. The SMILES string of the molecule is CC(F)c1cc(=O)[nH]cn1.CC(F)c1nc[nH]c(=O)c1Cl.CC(F)c1ncnc(Cl)c1Cl.COC(=O)CC(=O)C(C)F. The second kappa shape index (κ2) is 19.6. The average molecular weight is 662 g/mol. The van der Waals surface area contributed by atoms with Crippen molar-refractivity contribution in [3.63, 3.8) is 0 Å². The second-order valence-corrected chi connectivity index (χ2v) is 8.93. The molecule has 0 saturated carbocycles. The zero-order valence-electron chi connectivity index (χ0n) is 22.8. The summed E-state index contributed by atoms with van der Waals surface area (Å²) in [6.45, 7) is 5.03. The predicted molar refractivity (Wildman–Crippen MR) is 148 cm³/mol. The molecule has 18 heteroatoms. The highest BCUT2D eigenvalue weighted by atomic mass is 35.5. The molecule has 3 heterocycles. The number of esters is 1. The first-order chi connectivity index (χ1) is 19.5. The summed E-state index contributed by atoms with van der Waals surface area (Å²) in [5, 5.41) is -0.00664. The molecule has 42 heavy (non-hydrogen) atoms. The number of ether oxygens (including phenoxy) is 1. The number of hydrogen-bond donors (Lipinski definition) is 2. The molecule has 0 amide bonds. The van der Waals surface area contributed by atoms with Gasteiger partial charge in [-0.3, -0.25) is 19.2 Å². The molecule has 3 aromatic heterocycles. The minimum absolute atomic E-state index is 0.0181. The number of nitrogens with zero attached hydrogens (tertiary/aromatic N) is 4. The van der Waals surface area contributed by atoms with E-state index in [1.807, 2.05) is 0 Å². The van der Waals surface area contributed by atoms with Crippen LogP contribution in [-0.2, 0) is 14.3 Å². The molecule has 4 unspecified atom stereocenters. The molecule has 0 radical (unpaired) electrons. The lowest BCUT2D eigenvalue weighted by atomic mass is 10.2. The number of aromatic nitrogens is 6. The highest BCUT2D eigenvalue weighted by molar-refractivity contribution is 6.41. The number of Topliss-reactive ketones (excluding diaryl/α,β-unsaturated/α-hetero) is 1. The number of carbonyl (C=O) groups is 2. The van der Waals surface area contributed by atoms with E-state index >= 15 is 0 Å². The summed E-state index contributed by atoms with van der Waals surface area (Å²) < 4.78 is 53.8. The largest absolute Gasteiger partial charge is 0.469 e. The van der Waals surface area contributed by atoms with Crippen LogP contribution in [0.1, 0.15) is 69.7 Å². The zero-order valence-corrected chi connectivity index (χ0v) is 25.1. The Morgan fingerprint density at radius 1 is 0.833 bits per heavy atom. The maximum atomic E-state index is 12.6. The molecule has 2 N–H and O–H groups in total. The van der Waals surface area contributed by atoms with E-state index < -0.39 is 48.4 Å². The fourth-order valence-corrected chi connectivity index (χ4v) is 2.91. The van der Waals surface area contributed by atoms with Gasteiger partial charge in [-0.05, 0) is 27.7 Å².